The summed E-state index contributed by atoms with van der Waals surface area (Å²) in [6.45, 7) is -0.245. The van der Waals surface area contributed by atoms with Crippen LogP contribution in [0.5, 0.6) is 0 Å². The highest BCUT2D eigenvalue weighted by Gasteiger charge is 2.16. The van der Waals surface area contributed by atoms with Crippen LogP contribution in [0.2, 0.25) is 0 Å². The number of H-pyrrole nitrogens is 2. The van der Waals surface area contributed by atoms with Gasteiger partial charge in [0.2, 0.25) is 11.3 Å². The molecule has 0 radical (unpaired) electrons. The summed E-state index contributed by atoms with van der Waals surface area (Å²) in [4.78, 5) is 60.8. The lowest BCUT2D eigenvalue weighted by Gasteiger charge is -2.17. The second-order valence-electron chi connectivity index (χ2n) is 7.04. The minimum Gasteiger partial charge on any atom is -0.360 e. The standard InChI is InChI=1S/C22H19N5O4/c1-27(12-18-25-17-9-5-3-7-14(17)22(31)26-18)19(28)11-24-21(30)15-10-23-16-8-4-2-6-13(16)20(15)29/h2-10H,11-12H2,1H3,(H,23,29)(H,24,30)(H,25,26,31). The first-order valence-corrected chi connectivity index (χ1v) is 9.54. The van der Waals surface area contributed by atoms with Crippen LogP contribution in [-0.4, -0.2) is 45.3 Å². The van der Waals surface area contributed by atoms with Crippen molar-refractivity contribution in [3.8, 4) is 0 Å². The fourth-order valence-corrected chi connectivity index (χ4v) is 3.24. The summed E-state index contributed by atoms with van der Waals surface area (Å²) in [6, 6.07) is 13.8. The van der Waals surface area contributed by atoms with Crippen LogP contribution in [0.4, 0.5) is 0 Å². The summed E-state index contributed by atoms with van der Waals surface area (Å²) in [5.74, 6) is -0.718. The number of aromatic nitrogens is 3. The summed E-state index contributed by atoms with van der Waals surface area (Å²) in [5, 5.41) is 3.33. The average molecular weight is 417 g/mol. The number of hydrogen-bond donors (Lipinski definition) is 3. The Kier molecular flexibility index (Phi) is 5.31. The SMILES string of the molecule is CN(Cc1nc2ccccc2c(=O)[nH]1)C(=O)CNC(=O)c1c[nH]c2ccccc2c1=O. The van der Waals surface area contributed by atoms with Crippen molar-refractivity contribution in [2.24, 2.45) is 0 Å². The van der Waals surface area contributed by atoms with E-state index in [0.717, 1.165) is 0 Å². The summed E-state index contributed by atoms with van der Waals surface area (Å²) in [6.07, 6.45) is 1.33. The van der Waals surface area contributed by atoms with E-state index in [0.29, 0.717) is 27.6 Å². The molecular weight excluding hydrogens is 398 g/mol. The van der Waals surface area contributed by atoms with Gasteiger partial charge in [-0.15, -0.1) is 0 Å². The molecule has 0 atom stereocenters. The number of hydrogen-bond acceptors (Lipinski definition) is 5. The summed E-state index contributed by atoms with van der Waals surface area (Å²) in [7, 11) is 1.53. The largest absolute Gasteiger partial charge is 0.360 e. The summed E-state index contributed by atoms with van der Waals surface area (Å²) < 4.78 is 0. The number of nitrogens with zero attached hydrogens (tertiary/aromatic N) is 2. The van der Waals surface area contributed by atoms with Gasteiger partial charge >= 0.3 is 0 Å². The lowest BCUT2D eigenvalue weighted by atomic mass is 10.1. The quantitative estimate of drug-likeness (QED) is 0.449. The molecule has 2 aromatic heterocycles. The Labute approximate surface area is 175 Å². The third-order valence-corrected chi connectivity index (χ3v) is 4.91. The molecule has 4 rings (SSSR count). The molecule has 0 bridgehead atoms. The second kappa shape index (κ2) is 8.23. The van der Waals surface area contributed by atoms with Gasteiger partial charge in [0.1, 0.15) is 11.4 Å². The van der Waals surface area contributed by atoms with Crippen molar-refractivity contribution >= 4 is 33.6 Å². The van der Waals surface area contributed by atoms with Gasteiger partial charge in [-0.1, -0.05) is 24.3 Å². The molecule has 31 heavy (non-hydrogen) atoms. The molecule has 0 spiro atoms. The maximum Gasteiger partial charge on any atom is 0.258 e. The van der Waals surface area contributed by atoms with Gasteiger partial charge in [0.15, 0.2) is 0 Å². The van der Waals surface area contributed by atoms with Gasteiger partial charge < -0.3 is 20.2 Å². The van der Waals surface area contributed by atoms with Crippen LogP contribution in [0.3, 0.4) is 0 Å². The Morgan fingerprint density at radius 2 is 1.74 bits per heavy atom. The van der Waals surface area contributed by atoms with Crippen molar-refractivity contribution in [1.29, 1.82) is 0 Å². The van der Waals surface area contributed by atoms with Gasteiger partial charge in [0, 0.05) is 24.1 Å². The van der Waals surface area contributed by atoms with Crippen molar-refractivity contribution in [3.63, 3.8) is 0 Å². The van der Waals surface area contributed by atoms with Crippen LogP contribution >= 0.6 is 0 Å². The molecule has 0 aliphatic carbocycles. The topological polar surface area (TPSA) is 128 Å². The smallest absolute Gasteiger partial charge is 0.258 e. The third kappa shape index (κ3) is 4.06. The molecule has 2 amide bonds. The number of para-hydroxylation sites is 2. The van der Waals surface area contributed by atoms with Gasteiger partial charge in [-0.25, -0.2) is 4.98 Å². The number of carbonyl (C=O) groups is 2. The zero-order valence-electron chi connectivity index (χ0n) is 16.6. The molecule has 0 saturated heterocycles. The molecule has 4 aromatic rings. The van der Waals surface area contributed by atoms with Gasteiger partial charge in [0.25, 0.3) is 11.5 Å². The zero-order chi connectivity index (χ0) is 22.0. The highest BCUT2D eigenvalue weighted by atomic mass is 16.2. The van der Waals surface area contributed by atoms with Crippen LogP contribution < -0.4 is 16.3 Å². The summed E-state index contributed by atoms with van der Waals surface area (Å²) in [5.41, 5.74) is 0.383. The maximum atomic E-state index is 12.5. The minimum absolute atomic E-state index is 0.0608. The monoisotopic (exact) mass is 417 g/mol. The highest BCUT2D eigenvalue weighted by Crippen LogP contribution is 2.08. The molecule has 0 aliphatic rings. The number of fused-ring (bicyclic) bond motifs is 2. The lowest BCUT2D eigenvalue weighted by molar-refractivity contribution is -0.129. The van der Waals surface area contributed by atoms with E-state index in [1.807, 2.05) is 0 Å². The molecule has 9 nitrogen and oxygen atoms in total. The molecule has 156 valence electrons. The number of amides is 2. The highest BCUT2D eigenvalue weighted by molar-refractivity contribution is 5.98. The van der Waals surface area contributed by atoms with E-state index in [2.05, 4.69) is 20.3 Å². The Bertz CT molecular complexity index is 1420. The first-order valence-electron chi connectivity index (χ1n) is 9.54. The number of pyridine rings is 1. The molecule has 0 fully saturated rings. The number of nitrogens with one attached hydrogen (secondary N) is 3. The maximum absolute atomic E-state index is 12.5. The molecule has 0 aliphatic heterocycles. The lowest BCUT2D eigenvalue weighted by Crippen LogP contribution is -2.39. The van der Waals surface area contributed by atoms with E-state index >= 15 is 0 Å². The minimum atomic E-state index is -0.647. The Morgan fingerprint density at radius 1 is 1.03 bits per heavy atom. The fraction of sp³-hybridized carbons (Fsp3) is 0.136. The number of rotatable bonds is 5. The first kappa shape index (κ1) is 20.0. The van der Waals surface area contributed by atoms with Gasteiger partial charge in [-0.3, -0.25) is 19.2 Å². The van der Waals surface area contributed by atoms with Crippen LogP contribution in [0, 0.1) is 0 Å². The molecule has 0 saturated carbocycles. The molecule has 9 heteroatoms. The number of benzene rings is 2. The fourth-order valence-electron chi connectivity index (χ4n) is 3.24. The Morgan fingerprint density at radius 3 is 2.55 bits per heavy atom. The average Bonchev–Trinajstić information content (AvgIpc) is 2.77. The summed E-state index contributed by atoms with van der Waals surface area (Å²) >= 11 is 0. The molecular formula is C22H19N5O4. The number of aromatic amines is 2. The van der Waals surface area contributed by atoms with Crippen molar-refractivity contribution in [2.75, 3.05) is 13.6 Å². The second-order valence-corrected chi connectivity index (χ2v) is 7.04. The van der Waals surface area contributed by atoms with E-state index in [9.17, 15) is 19.2 Å². The van der Waals surface area contributed by atoms with E-state index in [1.165, 1.54) is 18.1 Å². The molecule has 0 unspecified atom stereocenters. The van der Waals surface area contributed by atoms with Crippen LogP contribution in [-0.2, 0) is 11.3 Å². The number of carbonyl (C=O) groups excluding carboxylic acids is 2. The zero-order valence-corrected chi connectivity index (χ0v) is 16.6. The van der Waals surface area contributed by atoms with E-state index in [1.54, 1.807) is 48.5 Å². The van der Waals surface area contributed by atoms with Gasteiger partial charge in [-0.2, -0.15) is 0 Å². The van der Waals surface area contributed by atoms with Crippen LogP contribution in [0.25, 0.3) is 21.8 Å². The van der Waals surface area contributed by atoms with Crippen LogP contribution in [0.15, 0.2) is 64.3 Å². The predicted octanol–water partition coefficient (Wildman–Crippen LogP) is 1.15. The van der Waals surface area contributed by atoms with Crippen molar-refractivity contribution in [1.82, 2.24) is 25.2 Å². The Balaban J connectivity index is 1.43. The van der Waals surface area contributed by atoms with E-state index < -0.39 is 17.2 Å². The van der Waals surface area contributed by atoms with E-state index in [-0.39, 0.29) is 24.2 Å². The normalized spacial score (nSPS) is 10.9. The van der Waals surface area contributed by atoms with Crippen molar-refractivity contribution in [2.45, 2.75) is 6.54 Å². The third-order valence-electron chi connectivity index (χ3n) is 4.91. The number of likely N-dealkylation sites (N-methyl/N-ethyl adjacent to an activating group) is 1. The molecule has 3 N–H and O–H groups in total. The Hall–Kier alpha value is -4.27. The molecule has 2 heterocycles. The van der Waals surface area contributed by atoms with Crippen LogP contribution in [0.1, 0.15) is 16.2 Å². The first-order chi connectivity index (χ1) is 14.9. The van der Waals surface area contributed by atoms with E-state index in [4.69, 9.17) is 0 Å². The van der Waals surface area contributed by atoms with Crippen molar-refractivity contribution < 1.29 is 9.59 Å². The van der Waals surface area contributed by atoms with Gasteiger partial charge in [0.05, 0.1) is 24.0 Å². The predicted molar refractivity (Wildman–Crippen MR) is 116 cm³/mol. The van der Waals surface area contributed by atoms with Crippen molar-refractivity contribution in [3.05, 3.63) is 86.7 Å². The molecule has 2 aromatic carbocycles. The van der Waals surface area contributed by atoms with Gasteiger partial charge in [-0.05, 0) is 24.3 Å².